The van der Waals surface area contributed by atoms with E-state index in [1.807, 2.05) is 36.6 Å². The summed E-state index contributed by atoms with van der Waals surface area (Å²) >= 11 is 1.51. The Balaban J connectivity index is 2.75. The SMILES string of the molecule is CCN(C(=O)C(C)Sc1nccn1C)C(C)(C)C. The van der Waals surface area contributed by atoms with Gasteiger partial charge in [-0.25, -0.2) is 4.98 Å². The number of hydrogen-bond acceptors (Lipinski definition) is 3. The minimum absolute atomic E-state index is 0.120. The molecule has 0 fully saturated rings. The Morgan fingerprint density at radius 2 is 2.17 bits per heavy atom. The average molecular weight is 269 g/mol. The summed E-state index contributed by atoms with van der Waals surface area (Å²) in [5, 5.41) is 0.756. The van der Waals surface area contributed by atoms with Crippen molar-refractivity contribution in [1.29, 1.82) is 0 Å². The Bertz CT molecular complexity index is 409. The van der Waals surface area contributed by atoms with Gasteiger partial charge in [-0.3, -0.25) is 4.79 Å². The minimum Gasteiger partial charge on any atom is -0.337 e. The molecule has 0 aromatic carbocycles. The number of imidazole rings is 1. The molecule has 18 heavy (non-hydrogen) atoms. The first kappa shape index (κ1) is 15.1. The maximum atomic E-state index is 12.4. The van der Waals surface area contributed by atoms with Gasteiger partial charge in [0.05, 0.1) is 5.25 Å². The van der Waals surface area contributed by atoms with Crippen molar-refractivity contribution in [3.8, 4) is 0 Å². The normalized spacial score (nSPS) is 13.4. The minimum atomic E-state index is -0.137. The number of amides is 1. The van der Waals surface area contributed by atoms with E-state index in [9.17, 15) is 4.79 Å². The highest BCUT2D eigenvalue weighted by molar-refractivity contribution is 8.00. The van der Waals surface area contributed by atoms with Crippen LogP contribution in [0.5, 0.6) is 0 Å². The summed E-state index contributed by atoms with van der Waals surface area (Å²) < 4.78 is 1.93. The molecule has 0 aliphatic carbocycles. The Labute approximate surface area is 114 Å². The zero-order valence-electron chi connectivity index (χ0n) is 12.1. The average Bonchev–Trinajstić information content (AvgIpc) is 2.63. The fourth-order valence-electron chi connectivity index (χ4n) is 1.85. The van der Waals surface area contributed by atoms with Crippen LogP contribution in [0.1, 0.15) is 34.6 Å². The first-order chi connectivity index (χ1) is 8.27. The van der Waals surface area contributed by atoms with E-state index in [1.54, 1.807) is 6.20 Å². The lowest BCUT2D eigenvalue weighted by Crippen LogP contribution is -2.48. The van der Waals surface area contributed by atoms with E-state index in [0.29, 0.717) is 0 Å². The molecule has 0 bridgehead atoms. The van der Waals surface area contributed by atoms with Gasteiger partial charge in [0.25, 0.3) is 0 Å². The van der Waals surface area contributed by atoms with E-state index < -0.39 is 0 Å². The quantitative estimate of drug-likeness (QED) is 0.788. The fraction of sp³-hybridized carbons (Fsp3) is 0.692. The van der Waals surface area contributed by atoms with E-state index in [4.69, 9.17) is 0 Å². The number of carbonyl (C=O) groups is 1. The second-order valence-electron chi connectivity index (χ2n) is 5.33. The van der Waals surface area contributed by atoms with Gasteiger partial charge in [0.2, 0.25) is 5.91 Å². The van der Waals surface area contributed by atoms with Gasteiger partial charge < -0.3 is 9.47 Å². The molecule has 1 aromatic rings. The van der Waals surface area contributed by atoms with E-state index in [-0.39, 0.29) is 16.7 Å². The number of rotatable bonds is 4. The predicted octanol–water partition coefficient (Wildman–Crippen LogP) is 2.55. The Morgan fingerprint density at radius 1 is 1.56 bits per heavy atom. The molecule has 0 aliphatic rings. The highest BCUT2D eigenvalue weighted by Gasteiger charge is 2.29. The summed E-state index contributed by atoms with van der Waals surface area (Å²) in [4.78, 5) is 18.6. The van der Waals surface area contributed by atoms with E-state index in [2.05, 4.69) is 25.8 Å². The number of aryl methyl sites for hydroxylation is 1. The maximum Gasteiger partial charge on any atom is 0.236 e. The number of aromatic nitrogens is 2. The van der Waals surface area contributed by atoms with Crippen LogP contribution in [0.3, 0.4) is 0 Å². The van der Waals surface area contributed by atoms with Crippen molar-refractivity contribution in [1.82, 2.24) is 14.5 Å². The van der Waals surface area contributed by atoms with Gasteiger partial charge in [-0.2, -0.15) is 0 Å². The topological polar surface area (TPSA) is 38.1 Å². The molecule has 0 aliphatic heterocycles. The molecule has 4 nitrogen and oxygen atoms in total. The smallest absolute Gasteiger partial charge is 0.236 e. The van der Waals surface area contributed by atoms with Crippen LogP contribution in [0.4, 0.5) is 0 Å². The van der Waals surface area contributed by atoms with Gasteiger partial charge in [-0.15, -0.1) is 0 Å². The molecule has 1 rings (SSSR count). The van der Waals surface area contributed by atoms with Crippen LogP contribution < -0.4 is 0 Å². The monoisotopic (exact) mass is 269 g/mol. The van der Waals surface area contributed by atoms with Crippen molar-refractivity contribution >= 4 is 17.7 Å². The molecule has 1 atom stereocenters. The maximum absolute atomic E-state index is 12.4. The van der Waals surface area contributed by atoms with Crippen molar-refractivity contribution in [2.45, 2.75) is 50.6 Å². The van der Waals surface area contributed by atoms with Crippen LogP contribution in [-0.4, -0.2) is 37.7 Å². The summed E-state index contributed by atoms with van der Waals surface area (Å²) in [7, 11) is 1.94. The van der Waals surface area contributed by atoms with Gasteiger partial charge in [-0.05, 0) is 34.6 Å². The molecule has 5 heteroatoms. The first-order valence-corrected chi connectivity index (χ1v) is 7.10. The van der Waals surface area contributed by atoms with Crippen LogP contribution >= 0.6 is 11.8 Å². The lowest BCUT2D eigenvalue weighted by Gasteiger charge is -2.36. The molecule has 102 valence electrons. The van der Waals surface area contributed by atoms with E-state index >= 15 is 0 Å². The van der Waals surface area contributed by atoms with Crippen LogP contribution in [0.25, 0.3) is 0 Å². The van der Waals surface area contributed by atoms with Gasteiger partial charge in [0.1, 0.15) is 0 Å². The van der Waals surface area contributed by atoms with Gasteiger partial charge in [-0.1, -0.05) is 11.8 Å². The Hall–Kier alpha value is -0.970. The van der Waals surface area contributed by atoms with Crippen molar-refractivity contribution in [3.63, 3.8) is 0 Å². The van der Waals surface area contributed by atoms with Crippen molar-refractivity contribution in [2.75, 3.05) is 6.54 Å². The summed E-state index contributed by atoms with van der Waals surface area (Å²) in [6, 6.07) is 0. The molecular formula is C13H23N3OS. The number of hydrogen-bond donors (Lipinski definition) is 0. The third kappa shape index (κ3) is 3.51. The third-order valence-corrected chi connectivity index (χ3v) is 3.96. The molecule has 0 saturated carbocycles. The zero-order chi connectivity index (χ0) is 13.9. The Morgan fingerprint density at radius 3 is 2.56 bits per heavy atom. The first-order valence-electron chi connectivity index (χ1n) is 6.22. The zero-order valence-corrected chi connectivity index (χ0v) is 12.9. The molecule has 0 saturated heterocycles. The molecule has 1 aromatic heterocycles. The summed E-state index contributed by atoms with van der Waals surface area (Å²) in [6.45, 7) is 10.9. The number of nitrogens with zero attached hydrogens (tertiary/aromatic N) is 3. The summed E-state index contributed by atoms with van der Waals surface area (Å²) in [5.41, 5.74) is -0.137. The second-order valence-corrected chi connectivity index (χ2v) is 6.64. The molecule has 1 amide bonds. The molecule has 0 spiro atoms. The van der Waals surface area contributed by atoms with Gasteiger partial charge in [0.15, 0.2) is 5.16 Å². The second kappa shape index (κ2) is 5.78. The van der Waals surface area contributed by atoms with Gasteiger partial charge in [0, 0.05) is 31.5 Å². The van der Waals surface area contributed by atoms with Crippen LogP contribution in [0.15, 0.2) is 17.6 Å². The molecular weight excluding hydrogens is 246 g/mol. The molecule has 1 unspecified atom stereocenters. The molecule has 1 heterocycles. The summed E-state index contributed by atoms with van der Waals surface area (Å²) in [5.74, 6) is 0.165. The van der Waals surface area contributed by atoms with Gasteiger partial charge >= 0.3 is 0 Å². The molecule has 0 radical (unpaired) electrons. The summed E-state index contributed by atoms with van der Waals surface area (Å²) in [6.07, 6.45) is 3.64. The van der Waals surface area contributed by atoms with Crippen molar-refractivity contribution in [2.24, 2.45) is 7.05 Å². The fourth-order valence-corrected chi connectivity index (χ4v) is 2.75. The van der Waals surface area contributed by atoms with Crippen molar-refractivity contribution in [3.05, 3.63) is 12.4 Å². The largest absolute Gasteiger partial charge is 0.337 e. The van der Waals surface area contributed by atoms with Crippen molar-refractivity contribution < 1.29 is 4.79 Å². The number of thioether (sulfide) groups is 1. The lowest BCUT2D eigenvalue weighted by atomic mass is 10.1. The van der Waals surface area contributed by atoms with Crippen LogP contribution in [0, 0.1) is 0 Å². The third-order valence-electron chi connectivity index (χ3n) is 2.80. The van der Waals surface area contributed by atoms with E-state index in [0.717, 1.165) is 11.7 Å². The standard InChI is InChI=1S/C13H23N3OS/c1-7-16(13(3,4)5)11(17)10(2)18-12-14-8-9-15(12)6/h8-10H,7H2,1-6H3. The van der Waals surface area contributed by atoms with E-state index in [1.165, 1.54) is 11.8 Å². The Kier molecular flexibility index (Phi) is 4.85. The lowest BCUT2D eigenvalue weighted by molar-refractivity contribution is -0.134. The highest BCUT2D eigenvalue weighted by atomic mass is 32.2. The number of carbonyl (C=O) groups excluding carboxylic acids is 1. The van der Waals surface area contributed by atoms with Crippen LogP contribution in [0.2, 0.25) is 0 Å². The predicted molar refractivity (Wildman–Crippen MR) is 75.7 cm³/mol. The van der Waals surface area contributed by atoms with Crippen LogP contribution in [-0.2, 0) is 11.8 Å². The highest BCUT2D eigenvalue weighted by Crippen LogP contribution is 2.24. The molecule has 0 N–H and O–H groups in total.